The Balaban J connectivity index is 1.70. The molecule has 0 atom stereocenters. The van der Waals surface area contributed by atoms with Gasteiger partial charge in [0.15, 0.2) is 0 Å². The number of esters is 1. The summed E-state index contributed by atoms with van der Waals surface area (Å²) in [5.41, 5.74) is 0.474. The molecule has 0 radical (unpaired) electrons. The van der Waals surface area contributed by atoms with E-state index in [4.69, 9.17) is 9.84 Å². The summed E-state index contributed by atoms with van der Waals surface area (Å²) in [6.45, 7) is 0. The van der Waals surface area contributed by atoms with Crippen molar-refractivity contribution in [3.8, 4) is 0 Å². The molecule has 0 aliphatic heterocycles. The Morgan fingerprint density at radius 3 is 2.40 bits per heavy atom. The highest BCUT2D eigenvalue weighted by Crippen LogP contribution is 2.56. The Morgan fingerprint density at radius 2 is 1.93 bits per heavy atom. The number of carboxylic acids is 1. The molecule has 0 unspecified atom stereocenters. The summed E-state index contributed by atoms with van der Waals surface area (Å²) >= 11 is 0. The van der Waals surface area contributed by atoms with Crippen LogP contribution in [0.2, 0.25) is 0 Å². The summed E-state index contributed by atoms with van der Waals surface area (Å²) in [6.07, 6.45) is 7.50. The van der Waals surface area contributed by atoms with Crippen LogP contribution in [0.4, 0.5) is 0 Å². The van der Waals surface area contributed by atoms with Crippen molar-refractivity contribution in [2.24, 2.45) is 5.41 Å². The minimum atomic E-state index is -1.13. The molecule has 0 saturated heterocycles. The molecule has 15 heavy (non-hydrogen) atoms. The van der Waals surface area contributed by atoms with E-state index in [1.54, 1.807) is 0 Å². The normalized spacial score (nSPS) is 23.5. The summed E-state index contributed by atoms with van der Waals surface area (Å²) in [6, 6.07) is 0. The summed E-state index contributed by atoms with van der Waals surface area (Å²) in [5, 5.41) is 8.30. The van der Waals surface area contributed by atoms with Crippen molar-refractivity contribution in [3.63, 3.8) is 0 Å². The van der Waals surface area contributed by atoms with Gasteiger partial charge in [0.2, 0.25) is 0 Å². The number of ether oxygens (including phenoxy) is 1. The van der Waals surface area contributed by atoms with Crippen LogP contribution >= 0.6 is 0 Å². The standard InChI is InChI=1S/C11H14O4/c12-9(13)2-3-10(14)15-8-6-11(7-8)4-1-5-11/h2-3,8H,1,4-7H2,(H,12,13)/b3-2+. The van der Waals surface area contributed by atoms with E-state index in [0.29, 0.717) is 5.41 Å². The fourth-order valence-electron chi connectivity index (χ4n) is 2.42. The highest BCUT2D eigenvalue weighted by Gasteiger charge is 2.49. The predicted molar refractivity (Wildman–Crippen MR) is 52.2 cm³/mol. The summed E-state index contributed by atoms with van der Waals surface area (Å²) in [7, 11) is 0. The van der Waals surface area contributed by atoms with E-state index >= 15 is 0 Å². The van der Waals surface area contributed by atoms with Crippen LogP contribution in [0.25, 0.3) is 0 Å². The first kappa shape index (κ1) is 10.2. The van der Waals surface area contributed by atoms with Gasteiger partial charge in [-0.1, -0.05) is 6.42 Å². The van der Waals surface area contributed by atoms with Crippen LogP contribution in [0.5, 0.6) is 0 Å². The van der Waals surface area contributed by atoms with E-state index in [0.717, 1.165) is 25.0 Å². The Bertz CT molecular complexity index is 307. The summed E-state index contributed by atoms with van der Waals surface area (Å²) < 4.78 is 5.08. The average molecular weight is 210 g/mol. The van der Waals surface area contributed by atoms with Crippen LogP contribution in [0.3, 0.4) is 0 Å². The molecule has 0 aromatic rings. The molecule has 4 heteroatoms. The highest BCUT2D eigenvalue weighted by atomic mass is 16.5. The Hall–Kier alpha value is -1.32. The van der Waals surface area contributed by atoms with Crippen LogP contribution in [0.1, 0.15) is 32.1 Å². The van der Waals surface area contributed by atoms with Crippen molar-refractivity contribution in [2.45, 2.75) is 38.2 Å². The molecular weight excluding hydrogens is 196 g/mol. The number of rotatable bonds is 3. The second kappa shape index (κ2) is 3.68. The summed E-state index contributed by atoms with van der Waals surface area (Å²) in [5.74, 6) is -1.67. The van der Waals surface area contributed by atoms with E-state index in [1.807, 2.05) is 0 Å². The molecule has 2 saturated carbocycles. The lowest BCUT2D eigenvalue weighted by Crippen LogP contribution is -2.47. The van der Waals surface area contributed by atoms with Gasteiger partial charge in [-0.2, -0.15) is 0 Å². The van der Waals surface area contributed by atoms with Gasteiger partial charge in [-0.25, -0.2) is 9.59 Å². The van der Waals surface area contributed by atoms with Gasteiger partial charge in [0.05, 0.1) is 0 Å². The van der Waals surface area contributed by atoms with Crippen molar-refractivity contribution < 1.29 is 19.4 Å². The maximum Gasteiger partial charge on any atom is 0.331 e. The number of hydrogen-bond donors (Lipinski definition) is 1. The molecule has 0 aromatic carbocycles. The zero-order valence-electron chi connectivity index (χ0n) is 8.44. The van der Waals surface area contributed by atoms with Crippen molar-refractivity contribution >= 4 is 11.9 Å². The van der Waals surface area contributed by atoms with E-state index in [1.165, 1.54) is 19.3 Å². The number of aliphatic carboxylic acids is 1. The van der Waals surface area contributed by atoms with Crippen molar-refractivity contribution in [2.75, 3.05) is 0 Å². The molecule has 0 heterocycles. The topological polar surface area (TPSA) is 63.6 Å². The molecular formula is C11H14O4. The van der Waals surface area contributed by atoms with Gasteiger partial charge in [-0.15, -0.1) is 0 Å². The minimum Gasteiger partial charge on any atom is -0.478 e. The molecule has 0 bridgehead atoms. The Labute approximate surface area is 87.9 Å². The zero-order valence-corrected chi connectivity index (χ0v) is 8.44. The maximum absolute atomic E-state index is 11.1. The molecule has 2 aliphatic rings. The van der Waals surface area contributed by atoms with Crippen LogP contribution in [-0.4, -0.2) is 23.1 Å². The second-order valence-corrected chi connectivity index (χ2v) is 4.49. The van der Waals surface area contributed by atoms with Gasteiger partial charge in [0.25, 0.3) is 0 Å². The van der Waals surface area contributed by atoms with Crippen LogP contribution < -0.4 is 0 Å². The van der Waals surface area contributed by atoms with E-state index in [2.05, 4.69) is 0 Å². The fourth-order valence-corrected chi connectivity index (χ4v) is 2.42. The molecule has 2 aliphatic carbocycles. The van der Waals surface area contributed by atoms with E-state index < -0.39 is 11.9 Å². The van der Waals surface area contributed by atoms with Gasteiger partial charge >= 0.3 is 11.9 Å². The monoisotopic (exact) mass is 210 g/mol. The molecule has 1 spiro atoms. The minimum absolute atomic E-state index is 0.0104. The number of hydrogen-bond acceptors (Lipinski definition) is 3. The van der Waals surface area contributed by atoms with Gasteiger partial charge < -0.3 is 9.84 Å². The number of carbonyl (C=O) groups is 2. The largest absolute Gasteiger partial charge is 0.478 e. The Kier molecular flexibility index (Phi) is 2.50. The predicted octanol–water partition coefficient (Wildman–Crippen LogP) is 1.50. The summed E-state index contributed by atoms with van der Waals surface area (Å²) in [4.78, 5) is 21.2. The van der Waals surface area contributed by atoms with Crippen LogP contribution in [-0.2, 0) is 14.3 Å². The van der Waals surface area contributed by atoms with Crippen molar-refractivity contribution in [1.29, 1.82) is 0 Å². The molecule has 4 nitrogen and oxygen atoms in total. The lowest BCUT2D eigenvalue weighted by atomic mass is 9.55. The molecule has 2 fully saturated rings. The molecule has 0 aromatic heterocycles. The van der Waals surface area contributed by atoms with Crippen LogP contribution in [0, 0.1) is 5.41 Å². The molecule has 82 valence electrons. The van der Waals surface area contributed by atoms with Gasteiger partial charge in [-0.05, 0) is 31.1 Å². The van der Waals surface area contributed by atoms with Gasteiger partial charge in [0, 0.05) is 12.2 Å². The average Bonchev–Trinajstić information content (AvgIpc) is 2.03. The van der Waals surface area contributed by atoms with Gasteiger partial charge in [-0.3, -0.25) is 0 Å². The van der Waals surface area contributed by atoms with E-state index in [9.17, 15) is 9.59 Å². The fraction of sp³-hybridized carbons (Fsp3) is 0.636. The third kappa shape index (κ3) is 2.19. The maximum atomic E-state index is 11.1. The van der Waals surface area contributed by atoms with Crippen molar-refractivity contribution in [1.82, 2.24) is 0 Å². The lowest BCUT2D eigenvalue weighted by Gasteiger charge is -2.53. The quantitative estimate of drug-likeness (QED) is 0.566. The first-order chi connectivity index (χ1) is 7.10. The van der Waals surface area contributed by atoms with Crippen molar-refractivity contribution in [3.05, 3.63) is 12.2 Å². The third-order valence-electron chi connectivity index (χ3n) is 3.38. The lowest BCUT2D eigenvalue weighted by molar-refractivity contribution is -0.162. The Morgan fingerprint density at radius 1 is 1.27 bits per heavy atom. The van der Waals surface area contributed by atoms with Gasteiger partial charge in [0.1, 0.15) is 6.10 Å². The molecule has 0 amide bonds. The van der Waals surface area contributed by atoms with E-state index in [-0.39, 0.29) is 6.10 Å². The number of carboxylic acid groups (broad SMARTS) is 1. The molecule has 2 rings (SSSR count). The smallest absolute Gasteiger partial charge is 0.331 e. The van der Waals surface area contributed by atoms with Crippen LogP contribution in [0.15, 0.2) is 12.2 Å². The SMILES string of the molecule is O=C(O)/C=C/C(=O)OC1CC2(CCC2)C1. The second-order valence-electron chi connectivity index (χ2n) is 4.49. The third-order valence-corrected chi connectivity index (χ3v) is 3.38. The first-order valence-electron chi connectivity index (χ1n) is 5.21. The first-order valence-corrected chi connectivity index (χ1v) is 5.21. The number of carbonyl (C=O) groups excluding carboxylic acids is 1. The zero-order chi connectivity index (χ0) is 10.9. The highest BCUT2D eigenvalue weighted by molar-refractivity contribution is 5.90. The molecule has 1 N–H and O–H groups in total.